The third-order valence-electron chi connectivity index (χ3n) is 4.04. The van der Waals surface area contributed by atoms with E-state index in [-0.39, 0.29) is 11.5 Å². The molecule has 7 heteroatoms. The Kier molecular flexibility index (Phi) is 4.39. The Balaban J connectivity index is 2.00. The summed E-state index contributed by atoms with van der Waals surface area (Å²) in [6.45, 7) is 5.35. The highest BCUT2D eigenvalue weighted by atomic mass is 19.1. The first kappa shape index (κ1) is 17.8. The molecule has 26 heavy (non-hydrogen) atoms. The second kappa shape index (κ2) is 6.40. The summed E-state index contributed by atoms with van der Waals surface area (Å²) in [6, 6.07) is 7.09. The molecule has 1 unspecified atom stereocenters. The SMILES string of the molecule is CC(C)(C)OC(=O)N1c2ccc(F)cc2CC1c1ccc(C(N)=O)nc1. The van der Waals surface area contributed by atoms with Gasteiger partial charge in [-0.05, 0) is 62.6 Å². The van der Waals surface area contributed by atoms with Gasteiger partial charge in [0.05, 0.1) is 11.7 Å². The molecule has 0 saturated heterocycles. The second-order valence-corrected chi connectivity index (χ2v) is 7.18. The molecule has 1 aromatic heterocycles. The number of carbonyl (C=O) groups is 2. The van der Waals surface area contributed by atoms with Crippen LogP contribution in [0.15, 0.2) is 36.5 Å². The first-order chi connectivity index (χ1) is 12.2. The Morgan fingerprint density at radius 2 is 2.00 bits per heavy atom. The number of carbonyl (C=O) groups excluding carboxylic acids is 2. The molecule has 1 atom stereocenters. The van der Waals surface area contributed by atoms with Crippen molar-refractivity contribution in [2.45, 2.75) is 38.8 Å². The maximum atomic E-state index is 13.6. The molecule has 0 bridgehead atoms. The molecule has 1 aromatic carbocycles. The average Bonchev–Trinajstić information content (AvgIpc) is 2.91. The zero-order chi connectivity index (χ0) is 19.1. The molecule has 0 fully saturated rings. The molecule has 2 amide bonds. The predicted molar refractivity (Wildman–Crippen MR) is 94.3 cm³/mol. The van der Waals surface area contributed by atoms with Crippen molar-refractivity contribution in [1.82, 2.24) is 4.98 Å². The van der Waals surface area contributed by atoms with Gasteiger partial charge in [-0.15, -0.1) is 0 Å². The van der Waals surface area contributed by atoms with Crippen LogP contribution in [0.2, 0.25) is 0 Å². The van der Waals surface area contributed by atoms with Gasteiger partial charge in [0.15, 0.2) is 0 Å². The van der Waals surface area contributed by atoms with Gasteiger partial charge in [-0.1, -0.05) is 6.07 Å². The van der Waals surface area contributed by atoms with E-state index in [2.05, 4.69) is 4.98 Å². The Hall–Kier alpha value is -2.96. The van der Waals surface area contributed by atoms with E-state index in [0.29, 0.717) is 23.2 Å². The molecule has 2 N–H and O–H groups in total. The van der Waals surface area contributed by atoms with Crippen molar-refractivity contribution in [2.75, 3.05) is 4.90 Å². The number of nitrogens with two attached hydrogens (primary N) is 1. The van der Waals surface area contributed by atoms with Crippen molar-refractivity contribution >= 4 is 17.7 Å². The summed E-state index contributed by atoms with van der Waals surface area (Å²) < 4.78 is 19.2. The van der Waals surface area contributed by atoms with E-state index < -0.39 is 23.6 Å². The topological polar surface area (TPSA) is 85.5 Å². The average molecular weight is 357 g/mol. The third kappa shape index (κ3) is 3.51. The van der Waals surface area contributed by atoms with Crippen molar-refractivity contribution in [2.24, 2.45) is 5.73 Å². The van der Waals surface area contributed by atoms with E-state index in [1.165, 1.54) is 29.3 Å². The van der Waals surface area contributed by atoms with E-state index in [4.69, 9.17) is 10.5 Å². The lowest BCUT2D eigenvalue weighted by Crippen LogP contribution is -2.37. The Morgan fingerprint density at radius 3 is 2.58 bits per heavy atom. The molecule has 1 aliphatic rings. The van der Waals surface area contributed by atoms with Crippen LogP contribution in [0.1, 0.15) is 48.4 Å². The zero-order valence-corrected chi connectivity index (χ0v) is 14.8. The maximum absolute atomic E-state index is 13.6. The molecule has 2 aromatic rings. The first-order valence-electron chi connectivity index (χ1n) is 8.22. The first-order valence-corrected chi connectivity index (χ1v) is 8.22. The minimum absolute atomic E-state index is 0.138. The number of ether oxygens (including phenoxy) is 1. The lowest BCUT2D eigenvalue weighted by Gasteiger charge is -2.29. The summed E-state index contributed by atoms with van der Waals surface area (Å²) in [5.41, 5.74) is 6.71. The van der Waals surface area contributed by atoms with Crippen LogP contribution in [0, 0.1) is 5.82 Å². The van der Waals surface area contributed by atoms with Gasteiger partial charge in [-0.2, -0.15) is 0 Å². The molecule has 0 radical (unpaired) electrons. The van der Waals surface area contributed by atoms with Gasteiger partial charge >= 0.3 is 6.09 Å². The number of fused-ring (bicyclic) bond motifs is 1. The Morgan fingerprint density at radius 1 is 1.27 bits per heavy atom. The molecule has 2 heterocycles. The minimum Gasteiger partial charge on any atom is -0.443 e. The number of halogens is 1. The molecular weight excluding hydrogens is 337 g/mol. The van der Waals surface area contributed by atoms with E-state index in [1.807, 2.05) is 0 Å². The third-order valence-corrected chi connectivity index (χ3v) is 4.04. The van der Waals surface area contributed by atoms with Crippen LogP contribution >= 0.6 is 0 Å². The number of primary amides is 1. The van der Waals surface area contributed by atoms with Crippen molar-refractivity contribution in [3.05, 3.63) is 59.2 Å². The number of anilines is 1. The highest BCUT2D eigenvalue weighted by molar-refractivity contribution is 5.92. The number of aromatic nitrogens is 1. The molecular formula is C19H20FN3O3. The van der Waals surface area contributed by atoms with Crippen LogP contribution in [0.5, 0.6) is 0 Å². The number of hydrogen-bond donors (Lipinski definition) is 1. The standard InChI is InChI=1S/C19H20FN3O3/c1-19(2,3)26-18(25)23-15-7-5-13(20)8-12(15)9-16(23)11-4-6-14(17(21)24)22-10-11/h4-8,10,16H,9H2,1-3H3,(H2,21,24). The van der Waals surface area contributed by atoms with Crippen LogP contribution in [0.3, 0.4) is 0 Å². The molecule has 6 nitrogen and oxygen atoms in total. The Bertz CT molecular complexity index is 859. The molecule has 0 spiro atoms. The van der Waals surface area contributed by atoms with E-state index in [0.717, 1.165) is 0 Å². The number of amides is 2. The van der Waals surface area contributed by atoms with E-state index in [1.54, 1.807) is 32.9 Å². The van der Waals surface area contributed by atoms with Crippen molar-refractivity contribution in [1.29, 1.82) is 0 Å². The van der Waals surface area contributed by atoms with Gasteiger partial charge in [0.1, 0.15) is 17.1 Å². The predicted octanol–water partition coefficient (Wildman–Crippen LogP) is 3.36. The largest absolute Gasteiger partial charge is 0.443 e. The fourth-order valence-electron chi connectivity index (χ4n) is 2.97. The summed E-state index contributed by atoms with van der Waals surface area (Å²) in [5.74, 6) is -0.993. The fraction of sp³-hybridized carbons (Fsp3) is 0.316. The van der Waals surface area contributed by atoms with Gasteiger partial charge in [0, 0.05) is 6.20 Å². The van der Waals surface area contributed by atoms with Gasteiger partial charge < -0.3 is 10.5 Å². The summed E-state index contributed by atoms with van der Waals surface area (Å²) in [7, 11) is 0. The highest BCUT2D eigenvalue weighted by Crippen LogP contribution is 2.41. The fourth-order valence-corrected chi connectivity index (χ4v) is 2.97. The zero-order valence-electron chi connectivity index (χ0n) is 14.8. The second-order valence-electron chi connectivity index (χ2n) is 7.18. The van der Waals surface area contributed by atoms with Crippen LogP contribution < -0.4 is 10.6 Å². The van der Waals surface area contributed by atoms with Crippen LogP contribution in [0.4, 0.5) is 14.9 Å². The molecule has 3 rings (SSSR count). The maximum Gasteiger partial charge on any atom is 0.415 e. The van der Waals surface area contributed by atoms with Crippen molar-refractivity contribution in [3.8, 4) is 0 Å². The van der Waals surface area contributed by atoms with Gasteiger partial charge in [0.2, 0.25) is 0 Å². The number of benzene rings is 1. The van der Waals surface area contributed by atoms with Crippen LogP contribution in [-0.2, 0) is 11.2 Å². The summed E-state index contributed by atoms with van der Waals surface area (Å²) in [6.07, 6.45) is 1.40. The lowest BCUT2D eigenvalue weighted by molar-refractivity contribution is 0.0569. The number of nitrogens with zero attached hydrogens (tertiary/aromatic N) is 2. The molecule has 0 aliphatic carbocycles. The number of rotatable bonds is 2. The van der Waals surface area contributed by atoms with E-state index >= 15 is 0 Å². The number of hydrogen-bond acceptors (Lipinski definition) is 4. The van der Waals surface area contributed by atoms with E-state index in [9.17, 15) is 14.0 Å². The molecule has 1 aliphatic heterocycles. The van der Waals surface area contributed by atoms with Gasteiger partial charge in [0.25, 0.3) is 5.91 Å². The highest BCUT2D eigenvalue weighted by Gasteiger charge is 2.37. The van der Waals surface area contributed by atoms with Gasteiger partial charge in [-0.25, -0.2) is 9.18 Å². The molecule has 136 valence electrons. The smallest absolute Gasteiger partial charge is 0.415 e. The summed E-state index contributed by atoms with van der Waals surface area (Å²) in [5, 5.41) is 0. The quantitative estimate of drug-likeness (QED) is 0.893. The van der Waals surface area contributed by atoms with Gasteiger partial charge in [-0.3, -0.25) is 14.7 Å². The summed E-state index contributed by atoms with van der Waals surface area (Å²) in [4.78, 5) is 29.5. The minimum atomic E-state index is -0.668. The normalized spacial score (nSPS) is 16.3. The number of pyridine rings is 1. The summed E-state index contributed by atoms with van der Waals surface area (Å²) >= 11 is 0. The Labute approximate surface area is 150 Å². The lowest BCUT2D eigenvalue weighted by atomic mass is 10.0. The van der Waals surface area contributed by atoms with Crippen molar-refractivity contribution in [3.63, 3.8) is 0 Å². The monoisotopic (exact) mass is 357 g/mol. The van der Waals surface area contributed by atoms with Crippen molar-refractivity contribution < 1.29 is 18.7 Å². The van der Waals surface area contributed by atoms with Crippen LogP contribution in [0.25, 0.3) is 0 Å². The van der Waals surface area contributed by atoms with Crippen LogP contribution in [-0.4, -0.2) is 22.6 Å². The molecule has 0 saturated carbocycles.